The maximum absolute atomic E-state index is 2.41. The number of rotatable bonds is 1. The first-order valence-corrected chi connectivity index (χ1v) is 4.41. The van der Waals surface area contributed by atoms with Gasteiger partial charge in [-0.3, -0.25) is 0 Å². The molecule has 2 aliphatic rings. The Hall–Kier alpha value is -0.0400. The number of hydrogen-bond acceptors (Lipinski definition) is 1. The lowest BCUT2D eigenvalue weighted by molar-refractivity contribution is 0.324. The zero-order valence-electron chi connectivity index (χ0n) is 7.06. The summed E-state index contributed by atoms with van der Waals surface area (Å²) < 4.78 is 0. The van der Waals surface area contributed by atoms with Crippen molar-refractivity contribution in [1.82, 2.24) is 4.90 Å². The van der Waals surface area contributed by atoms with Gasteiger partial charge in [-0.15, -0.1) is 0 Å². The third-order valence-electron chi connectivity index (χ3n) is 3.37. The Labute approximate surface area is 63.4 Å². The molecule has 0 aliphatic heterocycles. The molecule has 10 heavy (non-hydrogen) atoms. The molecule has 1 nitrogen and oxygen atoms in total. The van der Waals surface area contributed by atoms with E-state index in [0.29, 0.717) is 0 Å². The van der Waals surface area contributed by atoms with Gasteiger partial charge in [0.15, 0.2) is 0 Å². The minimum atomic E-state index is 0.809. The molecule has 0 amide bonds. The van der Waals surface area contributed by atoms with Crippen LogP contribution in [0.2, 0.25) is 0 Å². The molecule has 0 aromatic rings. The molecule has 0 aromatic heterocycles. The average Bonchev–Trinajstić information content (AvgIpc) is 2.32. The molecule has 0 N–H and O–H groups in total. The predicted molar refractivity (Wildman–Crippen MR) is 43.0 cm³/mol. The highest BCUT2D eigenvalue weighted by Crippen LogP contribution is 2.59. The molecule has 1 heteroatoms. The van der Waals surface area contributed by atoms with Crippen LogP contribution in [0.1, 0.15) is 32.1 Å². The van der Waals surface area contributed by atoms with E-state index in [-0.39, 0.29) is 0 Å². The summed E-state index contributed by atoms with van der Waals surface area (Å²) in [6.07, 6.45) is 7.49. The molecule has 1 atom stereocenters. The fraction of sp³-hybridized carbons (Fsp3) is 1.00. The van der Waals surface area contributed by atoms with Crippen LogP contribution in [-0.4, -0.2) is 25.0 Å². The molecule has 2 aliphatic carbocycles. The van der Waals surface area contributed by atoms with E-state index in [1.165, 1.54) is 32.1 Å². The SMILES string of the molecule is CN(C)C1CC12CCCC2. The standard InChI is InChI=1S/C9H17N/c1-10(2)8-7-9(8)5-3-4-6-9/h8H,3-7H2,1-2H3. The van der Waals surface area contributed by atoms with Crippen LogP contribution in [0.5, 0.6) is 0 Å². The molecule has 0 saturated heterocycles. The topological polar surface area (TPSA) is 3.24 Å². The summed E-state index contributed by atoms with van der Waals surface area (Å²) >= 11 is 0. The third-order valence-corrected chi connectivity index (χ3v) is 3.37. The Balaban J connectivity index is 1.97. The third kappa shape index (κ3) is 0.800. The predicted octanol–water partition coefficient (Wildman–Crippen LogP) is 1.88. The van der Waals surface area contributed by atoms with Gasteiger partial charge in [-0.25, -0.2) is 0 Å². The molecule has 0 bridgehead atoms. The van der Waals surface area contributed by atoms with Crippen LogP contribution in [0, 0.1) is 5.41 Å². The molecular formula is C9H17N. The Bertz CT molecular complexity index is 134. The van der Waals surface area contributed by atoms with Gasteiger partial charge in [0.1, 0.15) is 0 Å². The van der Waals surface area contributed by atoms with Crippen LogP contribution in [0.25, 0.3) is 0 Å². The average molecular weight is 139 g/mol. The maximum atomic E-state index is 2.41. The van der Waals surface area contributed by atoms with Crippen molar-refractivity contribution < 1.29 is 0 Å². The van der Waals surface area contributed by atoms with Crippen molar-refractivity contribution in [3.8, 4) is 0 Å². The summed E-state index contributed by atoms with van der Waals surface area (Å²) in [7, 11) is 4.44. The van der Waals surface area contributed by atoms with Gasteiger partial charge < -0.3 is 4.90 Å². The smallest absolute Gasteiger partial charge is 0.0152 e. The minimum Gasteiger partial charge on any atom is -0.306 e. The van der Waals surface area contributed by atoms with E-state index in [1.807, 2.05) is 0 Å². The second-order valence-electron chi connectivity index (χ2n) is 4.25. The molecule has 0 radical (unpaired) electrons. The van der Waals surface area contributed by atoms with Gasteiger partial charge in [-0.05, 0) is 38.8 Å². The lowest BCUT2D eigenvalue weighted by atomic mass is 10.1. The summed E-state index contributed by atoms with van der Waals surface area (Å²) in [4.78, 5) is 2.41. The fourth-order valence-electron chi connectivity index (χ4n) is 2.67. The number of nitrogens with zero attached hydrogens (tertiary/aromatic N) is 1. The van der Waals surface area contributed by atoms with Gasteiger partial charge in [-0.1, -0.05) is 12.8 Å². The molecule has 2 saturated carbocycles. The van der Waals surface area contributed by atoms with Gasteiger partial charge in [0.25, 0.3) is 0 Å². The van der Waals surface area contributed by atoms with E-state index in [1.54, 1.807) is 0 Å². The van der Waals surface area contributed by atoms with E-state index in [9.17, 15) is 0 Å². The van der Waals surface area contributed by atoms with Crippen molar-refractivity contribution in [3.05, 3.63) is 0 Å². The maximum Gasteiger partial charge on any atom is 0.0152 e. The van der Waals surface area contributed by atoms with E-state index < -0.39 is 0 Å². The quantitative estimate of drug-likeness (QED) is 0.536. The Morgan fingerprint density at radius 1 is 1.20 bits per heavy atom. The summed E-state index contributed by atoms with van der Waals surface area (Å²) in [5.41, 5.74) is 0.809. The zero-order valence-corrected chi connectivity index (χ0v) is 7.06. The van der Waals surface area contributed by atoms with Gasteiger partial charge in [0, 0.05) is 6.04 Å². The first kappa shape index (κ1) is 6.66. The molecule has 58 valence electrons. The molecule has 0 aromatic carbocycles. The van der Waals surface area contributed by atoms with E-state index in [2.05, 4.69) is 19.0 Å². The second-order valence-corrected chi connectivity index (χ2v) is 4.25. The lowest BCUT2D eigenvalue weighted by Crippen LogP contribution is -2.19. The molecular weight excluding hydrogens is 122 g/mol. The summed E-state index contributed by atoms with van der Waals surface area (Å²) in [6.45, 7) is 0. The lowest BCUT2D eigenvalue weighted by Gasteiger charge is -2.13. The minimum absolute atomic E-state index is 0.809. The first-order chi connectivity index (χ1) is 4.75. The van der Waals surface area contributed by atoms with Crippen LogP contribution in [0.15, 0.2) is 0 Å². The second kappa shape index (κ2) is 1.97. The zero-order chi connectivity index (χ0) is 7.19. The van der Waals surface area contributed by atoms with Crippen molar-refractivity contribution in [2.75, 3.05) is 14.1 Å². The molecule has 1 spiro atoms. The van der Waals surface area contributed by atoms with Crippen LogP contribution in [0.3, 0.4) is 0 Å². The normalized spacial score (nSPS) is 35.7. The first-order valence-electron chi connectivity index (χ1n) is 4.41. The van der Waals surface area contributed by atoms with Crippen molar-refractivity contribution >= 4 is 0 Å². The largest absolute Gasteiger partial charge is 0.306 e. The number of hydrogen-bond donors (Lipinski definition) is 0. The molecule has 2 rings (SSSR count). The van der Waals surface area contributed by atoms with Crippen LogP contribution in [-0.2, 0) is 0 Å². The van der Waals surface area contributed by atoms with Crippen molar-refractivity contribution in [2.24, 2.45) is 5.41 Å². The molecule has 1 unspecified atom stereocenters. The highest BCUT2D eigenvalue weighted by molar-refractivity contribution is 5.09. The van der Waals surface area contributed by atoms with Crippen molar-refractivity contribution in [3.63, 3.8) is 0 Å². The van der Waals surface area contributed by atoms with E-state index in [4.69, 9.17) is 0 Å². The fourth-order valence-corrected chi connectivity index (χ4v) is 2.67. The summed E-state index contributed by atoms with van der Waals surface area (Å²) in [5, 5.41) is 0. The van der Waals surface area contributed by atoms with E-state index in [0.717, 1.165) is 11.5 Å². The summed E-state index contributed by atoms with van der Waals surface area (Å²) in [6, 6.07) is 0.940. The Morgan fingerprint density at radius 3 is 2.20 bits per heavy atom. The highest BCUT2D eigenvalue weighted by atomic mass is 15.2. The summed E-state index contributed by atoms with van der Waals surface area (Å²) in [5.74, 6) is 0. The van der Waals surface area contributed by atoms with Gasteiger partial charge in [-0.2, -0.15) is 0 Å². The molecule has 2 fully saturated rings. The van der Waals surface area contributed by atoms with Gasteiger partial charge >= 0.3 is 0 Å². The van der Waals surface area contributed by atoms with Gasteiger partial charge in [0.05, 0.1) is 0 Å². The van der Waals surface area contributed by atoms with Crippen LogP contribution >= 0.6 is 0 Å². The highest BCUT2D eigenvalue weighted by Gasteiger charge is 2.55. The van der Waals surface area contributed by atoms with Crippen LogP contribution in [0.4, 0.5) is 0 Å². The van der Waals surface area contributed by atoms with E-state index >= 15 is 0 Å². The Kier molecular flexibility index (Phi) is 1.31. The van der Waals surface area contributed by atoms with Crippen LogP contribution < -0.4 is 0 Å². The monoisotopic (exact) mass is 139 g/mol. The molecule has 0 heterocycles. The van der Waals surface area contributed by atoms with Gasteiger partial charge in [0.2, 0.25) is 0 Å². The van der Waals surface area contributed by atoms with Crippen molar-refractivity contribution in [1.29, 1.82) is 0 Å². The Morgan fingerprint density at radius 2 is 1.80 bits per heavy atom. The van der Waals surface area contributed by atoms with Crippen molar-refractivity contribution in [2.45, 2.75) is 38.1 Å².